The summed E-state index contributed by atoms with van der Waals surface area (Å²) >= 11 is 1.44. The maximum Gasteiger partial charge on any atom is 0.266 e. The quantitative estimate of drug-likeness (QED) is 0.413. The Morgan fingerprint density at radius 2 is 1.97 bits per heavy atom. The molecule has 1 fully saturated rings. The average molecular weight is 474 g/mol. The number of fused-ring (bicyclic) bond motifs is 1. The van der Waals surface area contributed by atoms with Gasteiger partial charge in [0.1, 0.15) is 10.5 Å². The molecule has 174 valence electrons. The molecule has 3 heterocycles. The third kappa shape index (κ3) is 4.23. The van der Waals surface area contributed by atoms with E-state index in [0.717, 1.165) is 34.5 Å². The first kappa shape index (κ1) is 22.3. The summed E-state index contributed by atoms with van der Waals surface area (Å²) in [6.07, 6.45) is 3.56. The molecule has 1 aliphatic rings. The van der Waals surface area contributed by atoms with Crippen molar-refractivity contribution in [2.24, 2.45) is 5.92 Å². The second-order valence-electron chi connectivity index (χ2n) is 8.81. The Bertz CT molecular complexity index is 1330. The number of carbonyl (C=O) groups excluding carboxylic acids is 2. The van der Waals surface area contributed by atoms with Crippen LogP contribution < -0.4 is 5.32 Å². The van der Waals surface area contributed by atoms with E-state index in [0.29, 0.717) is 29.1 Å². The Morgan fingerprint density at radius 1 is 1.15 bits per heavy atom. The van der Waals surface area contributed by atoms with Crippen LogP contribution in [0.2, 0.25) is 0 Å². The SMILES string of the molecule is Cc1nc(-c2ccccc2)c(C(=O)N2CCCC(C)C2CNC(=O)c2cccc3occc23)s1. The number of carbonyl (C=O) groups is 2. The lowest BCUT2D eigenvalue weighted by molar-refractivity contribution is 0.0512. The summed E-state index contributed by atoms with van der Waals surface area (Å²) < 4.78 is 5.43. The van der Waals surface area contributed by atoms with Gasteiger partial charge in [-0.2, -0.15) is 0 Å². The molecule has 1 N–H and O–H groups in total. The molecular formula is C27H27N3O3S. The van der Waals surface area contributed by atoms with E-state index in [1.54, 1.807) is 18.4 Å². The lowest BCUT2D eigenvalue weighted by Crippen LogP contribution is -2.53. The molecule has 0 aliphatic carbocycles. The number of nitrogens with one attached hydrogen (secondary N) is 1. The predicted molar refractivity (Wildman–Crippen MR) is 134 cm³/mol. The van der Waals surface area contributed by atoms with Crippen molar-refractivity contribution >= 4 is 34.1 Å². The minimum absolute atomic E-state index is 0.00723. The van der Waals surface area contributed by atoms with Crippen molar-refractivity contribution in [3.63, 3.8) is 0 Å². The van der Waals surface area contributed by atoms with Gasteiger partial charge in [0.25, 0.3) is 11.8 Å². The van der Waals surface area contributed by atoms with Crippen molar-refractivity contribution in [3.05, 3.63) is 76.3 Å². The van der Waals surface area contributed by atoms with Crippen LogP contribution in [0, 0.1) is 12.8 Å². The highest BCUT2D eigenvalue weighted by molar-refractivity contribution is 7.14. The molecule has 2 unspecified atom stereocenters. The lowest BCUT2D eigenvalue weighted by Gasteiger charge is -2.40. The molecule has 2 aromatic heterocycles. The lowest BCUT2D eigenvalue weighted by atomic mass is 9.90. The molecule has 34 heavy (non-hydrogen) atoms. The van der Waals surface area contributed by atoms with E-state index in [4.69, 9.17) is 4.42 Å². The Morgan fingerprint density at radius 3 is 2.79 bits per heavy atom. The van der Waals surface area contributed by atoms with Crippen molar-refractivity contribution in [1.29, 1.82) is 0 Å². The molecule has 0 saturated carbocycles. The van der Waals surface area contributed by atoms with Gasteiger partial charge < -0.3 is 14.6 Å². The van der Waals surface area contributed by atoms with Gasteiger partial charge in [0.05, 0.1) is 28.6 Å². The number of piperidine rings is 1. The summed E-state index contributed by atoms with van der Waals surface area (Å²) in [6, 6.07) is 17.0. The summed E-state index contributed by atoms with van der Waals surface area (Å²) in [5, 5.41) is 4.74. The van der Waals surface area contributed by atoms with Gasteiger partial charge in [-0.3, -0.25) is 9.59 Å². The van der Waals surface area contributed by atoms with Crippen LogP contribution in [-0.4, -0.2) is 40.8 Å². The number of nitrogens with zero attached hydrogens (tertiary/aromatic N) is 2. The van der Waals surface area contributed by atoms with Crippen LogP contribution in [-0.2, 0) is 0 Å². The molecule has 2 aromatic carbocycles. The number of rotatable bonds is 5. The molecule has 4 aromatic rings. The Kier molecular flexibility index (Phi) is 6.20. The Labute approximate surface area is 202 Å². The molecule has 2 amide bonds. The number of benzene rings is 2. The molecule has 0 spiro atoms. The molecular weight excluding hydrogens is 446 g/mol. The highest BCUT2D eigenvalue weighted by Crippen LogP contribution is 2.32. The van der Waals surface area contributed by atoms with Crippen molar-refractivity contribution < 1.29 is 14.0 Å². The van der Waals surface area contributed by atoms with E-state index >= 15 is 0 Å². The molecule has 1 saturated heterocycles. The van der Waals surface area contributed by atoms with Crippen molar-refractivity contribution in [3.8, 4) is 11.3 Å². The van der Waals surface area contributed by atoms with Crippen LogP contribution in [0.3, 0.4) is 0 Å². The summed E-state index contributed by atoms with van der Waals surface area (Å²) in [7, 11) is 0. The van der Waals surface area contributed by atoms with Gasteiger partial charge in [-0.15, -0.1) is 11.3 Å². The number of furan rings is 1. The third-order valence-corrected chi connectivity index (χ3v) is 7.52. The average Bonchev–Trinajstić information content (AvgIpc) is 3.49. The number of hydrogen-bond donors (Lipinski definition) is 1. The van der Waals surface area contributed by atoms with Crippen LogP contribution in [0.4, 0.5) is 0 Å². The zero-order valence-corrected chi connectivity index (χ0v) is 20.1. The molecule has 0 bridgehead atoms. The molecule has 1 aliphatic heterocycles. The number of amides is 2. The maximum atomic E-state index is 13.8. The highest BCUT2D eigenvalue weighted by Gasteiger charge is 2.34. The minimum Gasteiger partial charge on any atom is -0.464 e. The van der Waals surface area contributed by atoms with Gasteiger partial charge in [0.15, 0.2) is 0 Å². The molecule has 7 heteroatoms. The van der Waals surface area contributed by atoms with E-state index in [9.17, 15) is 9.59 Å². The number of aryl methyl sites for hydroxylation is 1. The van der Waals surface area contributed by atoms with Gasteiger partial charge in [0, 0.05) is 24.0 Å². The fraction of sp³-hybridized carbons (Fsp3) is 0.296. The summed E-state index contributed by atoms with van der Waals surface area (Å²) in [4.78, 5) is 34.1. The van der Waals surface area contributed by atoms with Crippen molar-refractivity contribution in [1.82, 2.24) is 15.2 Å². The largest absolute Gasteiger partial charge is 0.464 e. The standard InChI is InChI=1S/C27H27N3O3S/c1-17-8-7-14-30(27(32)25-24(29-18(2)34-25)19-9-4-3-5-10-19)22(17)16-28-26(31)21-11-6-12-23-20(21)13-15-33-23/h3-6,9-13,15,17,22H,7-8,14,16H2,1-2H3,(H,28,31). The highest BCUT2D eigenvalue weighted by atomic mass is 32.1. The molecule has 2 atom stereocenters. The van der Waals surface area contributed by atoms with Crippen LogP contribution >= 0.6 is 11.3 Å². The van der Waals surface area contributed by atoms with E-state index in [1.165, 1.54) is 11.3 Å². The van der Waals surface area contributed by atoms with Gasteiger partial charge in [0.2, 0.25) is 0 Å². The summed E-state index contributed by atoms with van der Waals surface area (Å²) in [5.41, 5.74) is 2.94. The first-order chi connectivity index (χ1) is 16.5. The van der Waals surface area contributed by atoms with Crippen LogP contribution in [0.25, 0.3) is 22.2 Å². The van der Waals surface area contributed by atoms with Gasteiger partial charge >= 0.3 is 0 Å². The topological polar surface area (TPSA) is 75.4 Å². The first-order valence-corrected chi connectivity index (χ1v) is 12.4. The molecule has 0 radical (unpaired) electrons. The third-order valence-electron chi connectivity index (χ3n) is 6.56. The van der Waals surface area contributed by atoms with E-state index in [1.807, 2.05) is 54.3 Å². The first-order valence-electron chi connectivity index (χ1n) is 11.6. The predicted octanol–water partition coefficient (Wildman–Crippen LogP) is 5.54. The number of thiazole rings is 1. The minimum atomic E-state index is -0.157. The summed E-state index contributed by atoms with van der Waals surface area (Å²) in [5.74, 6) is 0.111. The van der Waals surface area contributed by atoms with E-state index < -0.39 is 0 Å². The monoisotopic (exact) mass is 473 g/mol. The Balaban J connectivity index is 1.38. The van der Waals surface area contributed by atoms with Crippen LogP contribution in [0.15, 0.2) is 65.3 Å². The molecule has 5 rings (SSSR count). The van der Waals surface area contributed by atoms with Gasteiger partial charge in [-0.25, -0.2) is 4.98 Å². The van der Waals surface area contributed by atoms with Crippen LogP contribution in [0.5, 0.6) is 0 Å². The smallest absolute Gasteiger partial charge is 0.266 e. The fourth-order valence-corrected chi connectivity index (χ4v) is 5.69. The second-order valence-corrected chi connectivity index (χ2v) is 10.0. The Hall–Kier alpha value is -3.45. The van der Waals surface area contributed by atoms with Gasteiger partial charge in [-0.1, -0.05) is 43.3 Å². The van der Waals surface area contributed by atoms with Crippen LogP contribution in [0.1, 0.15) is 44.8 Å². The number of likely N-dealkylation sites (tertiary alicyclic amines) is 1. The zero-order chi connectivity index (χ0) is 23.7. The maximum absolute atomic E-state index is 13.8. The molecule has 6 nitrogen and oxygen atoms in total. The number of hydrogen-bond acceptors (Lipinski definition) is 5. The summed E-state index contributed by atoms with van der Waals surface area (Å²) in [6.45, 7) is 5.16. The fourth-order valence-electron chi connectivity index (χ4n) is 4.79. The zero-order valence-electron chi connectivity index (χ0n) is 19.3. The normalized spacial score (nSPS) is 18.2. The number of aromatic nitrogens is 1. The van der Waals surface area contributed by atoms with Crippen molar-refractivity contribution in [2.75, 3.05) is 13.1 Å². The van der Waals surface area contributed by atoms with Crippen molar-refractivity contribution in [2.45, 2.75) is 32.7 Å². The second kappa shape index (κ2) is 9.43. The van der Waals surface area contributed by atoms with E-state index in [-0.39, 0.29) is 23.8 Å². The van der Waals surface area contributed by atoms with E-state index in [2.05, 4.69) is 17.2 Å². The van der Waals surface area contributed by atoms with Gasteiger partial charge in [-0.05, 0) is 43.9 Å².